The molecule has 0 atom stereocenters. The van der Waals surface area contributed by atoms with Crippen LogP contribution in [0.25, 0.3) is 5.82 Å². The fraction of sp³-hybridized carbons (Fsp3) is 0.250. The minimum absolute atomic E-state index is 0.143. The first-order valence-electron chi connectivity index (χ1n) is 9.53. The van der Waals surface area contributed by atoms with Gasteiger partial charge in [-0.25, -0.2) is 22.5 Å². The predicted molar refractivity (Wildman–Crippen MR) is 110 cm³/mol. The number of halogens is 1. The highest BCUT2D eigenvalue weighted by molar-refractivity contribution is 7.89. The molecule has 1 saturated heterocycles. The normalized spacial score (nSPS) is 15.0. The number of pyridine rings is 1. The average Bonchev–Trinajstić information content (AvgIpc) is 3.17. The molecule has 31 heavy (non-hydrogen) atoms. The van der Waals surface area contributed by atoms with Gasteiger partial charge in [-0.15, -0.1) is 0 Å². The fourth-order valence-electron chi connectivity index (χ4n) is 3.25. The molecule has 162 valence electrons. The van der Waals surface area contributed by atoms with E-state index >= 15 is 0 Å². The summed E-state index contributed by atoms with van der Waals surface area (Å²) in [5, 5.41) is 6.82. The molecule has 3 heterocycles. The van der Waals surface area contributed by atoms with Crippen LogP contribution < -0.4 is 5.32 Å². The maximum atomic E-state index is 14.4. The number of benzene rings is 1. The molecule has 1 fully saturated rings. The molecule has 0 radical (unpaired) electrons. The Hall–Kier alpha value is -3.15. The SMILES string of the molecule is Cc1c(C(=O)Nc2ccc(F)c(S(=O)(=O)N3CCOCC3)c2)cnn1-c1ccccn1. The van der Waals surface area contributed by atoms with Crippen molar-refractivity contribution in [3.8, 4) is 5.82 Å². The average molecular weight is 445 g/mol. The Labute approximate surface area is 178 Å². The van der Waals surface area contributed by atoms with Gasteiger partial charge >= 0.3 is 0 Å². The van der Waals surface area contributed by atoms with Crippen LogP contribution in [0.5, 0.6) is 0 Å². The fourth-order valence-corrected chi connectivity index (χ4v) is 4.74. The number of ether oxygens (including phenoxy) is 1. The first-order valence-corrected chi connectivity index (χ1v) is 11.0. The van der Waals surface area contributed by atoms with Crippen LogP contribution in [0.15, 0.2) is 53.7 Å². The van der Waals surface area contributed by atoms with Crippen molar-refractivity contribution in [3.05, 3.63) is 65.9 Å². The molecule has 0 aliphatic carbocycles. The van der Waals surface area contributed by atoms with Gasteiger partial charge in [0.2, 0.25) is 10.0 Å². The molecular weight excluding hydrogens is 425 g/mol. The highest BCUT2D eigenvalue weighted by Crippen LogP contribution is 2.24. The third-order valence-electron chi connectivity index (χ3n) is 4.90. The van der Waals surface area contributed by atoms with Crippen molar-refractivity contribution in [1.29, 1.82) is 0 Å². The van der Waals surface area contributed by atoms with Crippen molar-refractivity contribution < 1.29 is 22.3 Å². The largest absolute Gasteiger partial charge is 0.379 e. The number of sulfonamides is 1. The molecule has 0 spiro atoms. The lowest BCUT2D eigenvalue weighted by atomic mass is 10.2. The second-order valence-electron chi connectivity index (χ2n) is 6.86. The van der Waals surface area contributed by atoms with Gasteiger partial charge in [-0.1, -0.05) is 6.07 Å². The number of nitrogens with zero attached hydrogens (tertiary/aromatic N) is 4. The first kappa shape index (κ1) is 21.1. The number of rotatable bonds is 5. The third kappa shape index (κ3) is 4.20. The van der Waals surface area contributed by atoms with E-state index in [9.17, 15) is 17.6 Å². The maximum absolute atomic E-state index is 14.4. The van der Waals surface area contributed by atoms with Crippen molar-refractivity contribution in [1.82, 2.24) is 19.1 Å². The van der Waals surface area contributed by atoms with E-state index in [-0.39, 0.29) is 37.6 Å². The van der Waals surface area contributed by atoms with Gasteiger partial charge in [0.05, 0.1) is 30.7 Å². The van der Waals surface area contributed by atoms with Crippen molar-refractivity contribution in [3.63, 3.8) is 0 Å². The van der Waals surface area contributed by atoms with Crippen molar-refractivity contribution in [2.24, 2.45) is 0 Å². The van der Waals surface area contributed by atoms with E-state index in [0.717, 1.165) is 12.1 Å². The molecule has 4 rings (SSSR count). The van der Waals surface area contributed by atoms with E-state index in [0.29, 0.717) is 11.5 Å². The zero-order valence-electron chi connectivity index (χ0n) is 16.7. The molecule has 1 N–H and O–H groups in total. The molecule has 11 heteroatoms. The van der Waals surface area contributed by atoms with E-state index in [2.05, 4.69) is 15.4 Å². The molecule has 2 aromatic heterocycles. The minimum Gasteiger partial charge on any atom is -0.379 e. The highest BCUT2D eigenvalue weighted by atomic mass is 32.2. The van der Waals surface area contributed by atoms with E-state index in [4.69, 9.17) is 4.74 Å². The van der Waals surface area contributed by atoms with Gasteiger partial charge in [0.1, 0.15) is 10.7 Å². The number of carbonyl (C=O) groups is 1. The van der Waals surface area contributed by atoms with Gasteiger partial charge in [-0.05, 0) is 37.3 Å². The number of hydrogen-bond donors (Lipinski definition) is 1. The van der Waals surface area contributed by atoms with Crippen LogP contribution in [-0.2, 0) is 14.8 Å². The van der Waals surface area contributed by atoms with Gasteiger partial charge < -0.3 is 10.1 Å². The van der Waals surface area contributed by atoms with Crippen molar-refractivity contribution >= 4 is 21.6 Å². The van der Waals surface area contributed by atoms with E-state index in [1.54, 1.807) is 31.3 Å². The summed E-state index contributed by atoms with van der Waals surface area (Å²) in [7, 11) is -4.05. The molecule has 0 unspecified atom stereocenters. The summed E-state index contributed by atoms with van der Waals surface area (Å²) in [6.07, 6.45) is 3.01. The van der Waals surface area contributed by atoms with Gasteiger partial charge in [-0.2, -0.15) is 9.40 Å². The molecule has 1 amide bonds. The Kier molecular flexibility index (Phi) is 5.81. The van der Waals surface area contributed by atoms with Crippen LogP contribution in [0.1, 0.15) is 16.1 Å². The van der Waals surface area contributed by atoms with E-state index < -0.39 is 26.6 Å². The predicted octanol–water partition coefficient (Wildman–Crippen LogP) is 1.99. The molecule has 1 aliphatic rings. The van der Waals surface area contributed by atoms with Crippen LogP contribution in [-0.4, -0.2) is 59.7 Å². The van der Waals surface area contributed by atoms with Crippen LogP contribution in [0, 0.1) is 12.7 Å². The topological polar surface area (TPSA) is 106 Å². The summed E-state index contributed by atoms with van der Waals surface area (Å²) in [5.41, 5.74) is 0.996. The molecule has 3 aromatic rings. The highest BCUT2D eigenvalue weighted by Gasteiger charge is 2.29. The second kappa shape index (κ2) is 8.53. The number of nitrogens with one attached hydrogen (secondary N) is 1. The summed E-state index contributed by atoms with van der Waals surface area (Å²) >= 11 is 0. The molecule has 9 nitrogen and oxygen atoms in total. The zero-order chi connectivity index (χ0) is 22.0. The molecular formula is C20H20FN5O4S. The molecule has 0 saturated carbocycles. The molecule has 1 aliphatic heterocycles. The second-order valence-corrected chi connectivity index (χ2v) is 8.77. The Balaban J connectivity index is 1.59. The minimum atomic E-state index is -4.05. The number of hydrogen-bond acceptors (Lipinski definition) is 6. The summed E-state index contributed by atoms with van der Waals surface area (Å²) in [6.45, 7) is 2.50. The van der Waals surface area contributed by atoms with Crippen LogP contribution in [0.3, 0.4) is 0 Å². The van der Waals surface area contributed by atoms with Gasteiger partial charge in [0.15, 0.2) is 5.82 Å². The lowest BCUT2D eigenvalue weighted by Crippen LogP contribution is -2.40. The Morgan fingerprint density at radius 3 is 2.68 bits per heavy atom. The smallest absolute Gasteiger partial charge is 0.259 e. The Morgan fingerprint density at radius 2 is 1.97 bits per heavy atom. The van der Waals surface area contributed by atoms with Gasteiger partial charge in [-0.3, -0.25) is 4.79 Å². The summed E-state index contributed by atoms with van der Waals surface area (Å²) in [4.78, 5) is 16.5. The zero-order valence-corrected chi connectivity index (χ0v) is 17.5. The number of anilines is 1. The van der Waals surface area contributed by atoms with E-state index in [1.807, 2.05) is 0 Å². The van der Waals surface area contributed by atoms with Crippen LogP contribution >= 0.6 is 0 Å². The lowest BCUT2D eigenvalue weighted by molar-refractivity contribution is 0.0729. The summed E-state index contributed by atoms with van der Waals surface area (Å²) < 4.78 is 47.9. The number of carbonyl (C=O) groups excluding carboxylic acids is 1. The first-order chi connectivity index (χ1) is 14.9. The van der Waals surface area contributed by atoms with E-state index in [1.165, 1.54) is 21.3 Å². The number of amides is 1. The maximum Gasteiger partial charge on any atom is 0.259 e. The monoisotopic (exact) mass is 445 g/mol. The van der Waals surface area contributed by atoms with Crippen LogP contribution in [0.2, 0.25) is 0 Å². The summed E-state index contributed by atoms with van der Waals surface area (Å²) in [6, 6.07) is 8.78. The molecule has 0 bridgehead atoms. The lowest BCUT2D eigenvalue weighted by Gasteiger charge is -2.26. The van der Waals surface area contributed by atoms with Gasteiger partial charge in [0.25, 0.3) is 5.91 Å². The molecule has 1 aromatic carbocycles. The van der Waals surface area contributed by atoms with Crippen molar-refractivity contribution in [2.45, 2.75) is 11.8 Å². The third-order valence-corrected chi connectivity index (χ3v) is 6.81. The van der Waals surface area contributed by atoms with Crippen LogP contribution in [0.4, 0.5) is 10.1 Å². The summed E-state index contributed by atoms with van der Waals surface area (Å²) in [5.74, 6) is -0.829. The number of morpholine rings is 1. The quantitative estimate of drug-likeness (QED) is 0.644. The van der Waals surface area contributed by atoms with Gasteiger partial charge in [0, 0.05) is 25.0 Å². The number of aromatic nitrogens is 3. The Bertz CT molecular complexity index is 1210. The Morgan fingerprint density at radius 1 is 1.19 bits per heavy atom. The van der Waals surface area contributed by atoms with Crippen molar-refractivity contribution in [2.75, 3.05) is 31.6 Å². The standard InChI is InChI=1S/C20H20FN5O4S/c1-14-16(13-23-26(14)19-4-2-3-7-22-19)20(27)24-15-5-6-17(21)18(12-15)31(28,29)25-8-10-30-11-9-25/h2-7,12-13H,8-11H2,1H3,(H,24,27).